The van der Waals surface area contributed by atoms with Crippen molar-refractivity contribution in [3.05, 3.63) is 107 Å². The molecule has 2 aromatic heterocycles. The Morgan fingerprint density at radius 2 is 1.10 bits per heavy atom. The molecule has 0 amide bonds. The molecular formula is C40H42N8O4. The van der Waals surface area contributed by atoms with Crippen molar-refractivity contribution in [2.45, 2.75) is 52.0 Å². The lowest BCUT2D eigenvalue weighted by molar-refractivity contribution is 0.174. The molecule has 12 heteroatoms. The number of likely N-dealkylation sites (tertiary alicyclic amines) is 2. The molecule has 4 heterocycles. The zero-order valence-corrected chi connectivity index (χ0v) is 29.3. The second-order valence-electron chi connectivity index (χ2n) is 13.8. The third-order valence-corrected chi connectivity index (χ3v) is 9.96. The number of β-amino-alcohol motifs (C(OH)–C–C–N with tert-alkyl or cyclic N) is 2. The molecule has 0 saturated carbocycles. The van der Waals surface area contributed by atoms with Crippen molar-refractivity contribution in [2.24, 2.45) is 0 Å². The third-order valence-electron chi connectivity index (χ3n) is 9.96. The average molecular weight is 699 g/mol. The van der Waals surface area contributed by atoms with E-state index in [4.69, 9.17) is 8.83 Å². The summed E-state index contributed by atoms with van der Waals surface area (Å²) in [4.78, 5) is 4.51. The first kappa shape index (κ1) is 33.7. The van der Waals surface area contributed by atoms with E-state index in [0.717, 1.165) is 95.9 Å². The van der Waals surface area contributed by atoms with E-state index in [-0.39, 0.29) is 12.2 Å². The summed E-state index contributed by atoms with van der Waals surface area (Å²) in [5.74, 6) is 0.850. The summed E-state index contributed by atoms with van der Waals surface area (Å²) < 4.78 is 12.2. The molecule has 52 heavy (non-hydrogen) atoms. The number of anilines is 4. The van der Waals surface area contributed by atoms with Crippen LogP contribution in [0.25, 0.3) is 34.0 Å². The van der Waals surface area contributed by atoms with Crippen LogP contribution in [-0.2, 0) is 13.1 Å². The Kier molecular flexibility index (Phi) is 9.52. The van der Waals surface area contributed by atoms with E-state index in [1.165, 1.54) is 5.56 Å². The van der Waals surface area contributed by atoms with Gasteiger partial charge in [0.05, 0.1) is 12.2 Å². The van der Waals surface area contributed by atoms with E-state index in [0.29, 0.717) is 30.4 Å². The summed E-state index contributed by atoms with van der Waals surface area (Å²) in [6.45, 7) is 8.94. The second kappa shape index (κ2) is 14.7. The maximum atomic E-state index is 9.88. The molecule has 0 aliphatic carbocycles. The van der Waals surface area contributed by atoms with Crippen LogP contribution in [0, 0.1) is 13.8 Å². The highest BCUT2D eigenvalue weighted by Crippen LogP contribution is 2.37. The topological polar surface area (TPSA) is 149 Å². The Morgan fingerprint density at radius 1 is 0.596 bits per heavy atom. The van der Waals surface area contributed by atoms with Crippen molar-refractivity contribution < 1.29 is 19.0 Å². The average Bonchev–Trinajstić information content (AvgIpc) is 3.96. The molecule has 0 spiro atoms. The number of benzene rings is 4. The van der Waals surface area contributed by atoms with Crippen molar-refractivity contribution in [1.29, 1.82) is 0 Å². The van der Waals surface area contributed by atoms with Gasteiger partial charge in [-0.25, -0.2) is 0 Å². The molecular weight excluding hydrogens is 656 g/mol. The predicted octanol–water partition coefficient (Wildman–Crippen LogP) is 6.69. The first-order chi connectivity index (χ1) is 25.3. The smallest absolute Gasteiger partial charge is 0.320 e. The minimum Gasteiger partial charge on any atom is -0.403 e. The van der Waals surface area contributed by atoms with Crippen LogP contribution < -0.4 is 10.6 Å². The minimum absolute atomic E-state index is 0.225. The lowest BCUT2D eigenvalue weighted by atomic mass is 9.91. The van der Waals surface area contributed by atoms with E-state index >= 15 is 0 Å². The Bertz CT molecular complexity index is 2160. The van der Waals surface area contributed by atoms with Gasteiger partial charge in [-0.2, -0.15) is 0 Å². The SMILES string of the molecule is Cc1c(-c2nnc(Nc3ccc(CN4CC[C@@H](O)C4)cc3)o2)cccc1-c1cccc(-c2nnc(Nc3cccc(CN4CC[C@@H](O)C4)c3)o2)c1C. The summed E-state index contributed by atoms with van der Waals surface area (Å²) >= 11 is 0. The van der Waals surface area contributed by atoms with E-state index in [1.54, 1.807) is 0 Å². The fourth-order valence-electron chi connectivity index (χ4n) is 7.20. The van der Waals surface area contributed by atoms with Crippen LogP contribution >= 0.6 is 0 Å². The molecule has 2 atom stereocenters. The van der Waals surface area contributed by atoms with Gasteiger partial charge in [-0.3, -0.25) is 9.80 Å². The number of hydrogen-bond acceptors (Lipinski definition) is 12. The quantitative estimate of drug-likeness (QED) is 0.114. The normalized spacial score (nSPS) is 17.9. The van der Waals surface area contributed by atoms with E-state index in [9.17, 15) is 10.2 Å². The molecule has 4 N–H and O–H groups in total. The van der Waals surface area contributed by atoms with Crippen LogP contribution in [0.5, 0.6) is 0 Å². The highest BCUT2D eigenvalue weighted by Gasteiger charge is 2.22. The van der Waals surface area contributed by atoms with Crippen LogP contribution in [0.15, 0.2) is 93.8 Å². The zero-order chi connectivity index (χ0) is 35.6. The van der Waals surface area contributed by atoms with Crippen LogP contribution in [-0.4, -0.2) is 78.8 Å². The van der Waals surface area contributed by atoms with Crippen molar-refractivity contribution >= 4 is 23.4 Å². The molecule has 2 aliphatic heterocycles. The molecule has 12 nitrogen and oxygen atoms in total. The van der Waals surface area contributed by atoms with Gasteiger partial charge in [0.15, 0.2) is 0 Å². The molecule has 6 aromatic rings. The standard InChI is InChI=1S/C40H42N8O4/c1-25-33(8-4-10-35(25)37-43-45-39(51-37)41-29-14-12-27(13-15-29)21-47-18-16-31(49)23-47)34-9-5-11-36(26(34)2)38-44-46-40(52-38)42-30-7-3-6-28(20-30)22-48-19-17-32(50)24-48/h3-15,20,31-32,49-50H,16-19,21-24H2,1-2H3,(H,41,45)(H,42,46)/t31-,32-/m1/s1. The molecule has 0 radical (unpaired) electrons. The molecule has 2 saturated heterocycles. The lowest BCUT2D eigenvalue weighted by Gasteiger charge is -2.15. The van der Waals surface area contributed by atoms with E-state index < -0.39 is 0 Å². The van der Waals surface area contributed by atoms with Gasteiger partial charge in [0.1, 0.15) is 0 Å². The third kappa shape index (κ3) is 7.46. The monoisotopic (exact) mass is 698 g/mol. The number of aliphatic hydroxyl groups excluding tert-OH is 2. The van der Waals surface area contributed by atoms with Gasteiger partial charge in [0.2, 0.25) is 11.8 Å². The van der Waals surface area contributed by atoms with Gasteiger partial charge in [-0.05, 0) is 96.5 Å². The fourth-order valence-corrected chi connectivity index (χ4v) is 7.20. The largest absolute Gasteiger partial charge is 0.403 e. The van der Waals surface area contributed by atoms with Gasteiger partial charge in [-0.15, -0.1) is 10.2 Å². The first-order valence-electron chi connectivity index (χ1n) is 17.7. The summed E-state index contributed by atoms with van der Waals surface area (Å²) in [5, 5.41) is 43.5. The molecule has 2 fully saturated rings. The number of aliphatic hydroxyl groups is 2. The second-order valence-corrected chi connectivity index (χ2v) is 13.8. The van der Waals surface area contributed by atoms with Crippen LogP contribution in [0.3, 0.4) is 0 Å². The first-order valence-corrected chi connectivity index (χ1v) is 17.7. The van der Waals surface area contributed by atoms with Crippen molar-refractivity contribution in [3.63, 3.8) is 0 Å². The molecule has 0 bridgehead atoms. The molecule has 266 valence electrons. The summed E-state index contributed by atoms with van der Waals surface area (Å²) in [7, 11) is 0. The van der Waals surface area contributed by atoms with Crippen LogP contribution in [0.2, 0.25) is 0 Å². The van der Waals surface area contributed by atoms with Crippen molar-refractivity contribution in [2.75, 3.05) is 36.8 Å². The fraction of sp³-hybridized carbons (Fsp3) is 0.300. The van der Waals surface area contributed by atoms with Crippen molar-refractivity contribution in [3.8, 4) is 34.0 Å². The Hall–Kier alpha value is -5.40. The van der Waals surface area contributed by atoms with E-state index in [1.807, 2.05) is 48.5 Å². The predicted molar refractivity (Wildman–Crippen MR) is 199 cm³/mol. The van der Waals surface area contributed by atoms with Gasteiger partial charge < -0.3 is 29.7 Å². The molecule has 0 unspecified atom stereocenters. The van der Waals surface area contributed by atoms with Crippen molar-refractivity contribution in [1.82, 2.24) is 30.2 Å². The maximum Gasteiger partial charge on any atom is 0.320 e. The Labute approximate surface area is 302 Å². The lowest BCUT2D eigenvalue weighted by Crippen LogP contribution is -2.21. The number of hydrogen-bond donors (Lipinski definition) is 4. The van der Waals surface area contributed by atoms with Gasteiger partial charge in [-0.1, -0.05) is 58.7 Å². The molecule has 4 aromatic carbocycles. The zero-order valence-electron chi connectivity index (χ0n) is 29.3. The number of aromatic nitrogens is 4. The highest BCUT2D eigenvalue weighted by atomic mass is 16.4. The maximum absolute atomic E-state index is 9.88. The molecule has 8 rings (SSSR count). The Morgan fingerprint density at radius 3 is 1.63 bits per heavy atom. The number of nitrogens with zero attached hydrogens (tertiary/aromatic N) is 6. The Balaban J connectivity index is 0.958. The summed E-state index contributed by atoms with van der Waals surface area (Å²) in [6, 6.07) is 29.0. The summed E-state index contributed by atoms with van der Waals surface area (Å²) in [6.07, 6.45) is 1.18. The number of rotatable bonds is 11. The van der Waals surface area contributed by atoms with Gasteiger partial charge in [0, 0.05) is 61.8 Å². The number of nitrogens with one attached hydrogen (secondary N) is 2. The molecule has 2 aliphatic rings. The highest BCUT2D eigenvalue weighted by molar-refractivity contribution is 5.81. The van der Waals surface area contributed by atoms with Gasteiger partial charge >= 0.3 is 12.0 Å². The van der Waals surface area contributed by atoms with Crippen LogP contribution in [0.1, 0.15) is 35.1 Å². The van der Waals surface area contributed by atoms with Gasteiger partial charge in [0.25, 0.3) is 0 Å². The van der Waals surface area contributed by atoms with E-state index in [2.05, 4.69) is 91.1 Å². The van der Waals surface area contributed by atoms with Crippen LogP contribution in [0.4, 0.5) is 23.4 Å². The summed E-state index contributed by atoms with van der Waals surface area (Å²) in [5.41, 5.74) is 9.81. The minimum atomic E-state index is -0.243.